The Hall–Kier alpha value is -1.08. The number of nitrogens with one attached hydrogen (secondary N) is 1. The summed E-state index contributed by atoms with van der Waals surface area (Å²) < 4.78 is 37.2. The first-order chi connectivity index (χ1) is 8.45. The van der Waals surface area contributed by atoms with Gasteiger partial charge in [-0.2, -0.15) is 13.2 Å². The molecule has 0 amide bonds. The van der Waals surface area contributed by atoms with Gasteiger partial charge in [0.2, 0.25) is 0 Å². The van der Waals surface area contributed by atoms with Crippen LogP contribution in [0.4, 0.5) is 18.3 Å². The lowest BCUT2D eigenvalue weighted by Gasteiger charge is -2.11. The summed E-state index contributed by atoms with van der Waals surface area (Å²) in [6.07, 6.45) is -2.67. The molecule has 0 saturated carbocycles. The molecular formula is C11H11F3N2S2. The molecule has 0 aliphatic carbocycles. The van der Waals surface area contributed by atoms with Gasteiger partial charge in [0.1, 0.15) is 4.88 Å². The van der Waals surface area contributed by atoms with Gasteiger partial charge in [0, 0.05) is 17.3 Å². The lowest BCUT2D eigenvalue weighted by Crippen LogP contribution is -2.17. The van der Waals surface area contributed by atoms with E-state index in [4.69, 9.17) is 0 Å². The Morgan fingerprint density at radius 1 is 1.44 bits per heavy atom. The molecule has 7 heteroatoms. The van der Waals surface area contributed by atoms with Gasteiger partial charge in [-0.25, -0.2) is 4.98 Å². The van der Waals surface area contributed by atoms with E-state index in [-0.39, 0.29) is 6.04 Å². The summed E-state index contributed by atoms with van der Waals surface area (Å²) in [7, 11) is 0. The number of hydrogen-bond acceptors (Lipinski definition) is 4. The average Bonchev–Trinajstić information content (AvgIpc) is 2.87. The Bertz CT molecular complexity index is 491. The van der Waals surface area contributed by atoms with E-state index in [0.717, 1.165) is 12.6 Å². The highest BCUT2D eigenvalue weighted by Crippen LogP contribution is 2.35. The minimum atomic E-state index is -4.31. The number of nitrogens with zero attached hydrogens (tertiary/aromatic N) is 1. The number of aromatic nitrogens is 1. The van der Waals surface area contributed by atoms with Gasteiger partial charge in [-0.05, 0) is 18.4 Å². The normalized spacial score (nSPS) is 13.6. The van der Waals surface area contributed by atoms with E-state index in [1.54, 1.807) is 11.3 Å². The van der Waals surface area contributed by atoms with Crippen LogP contribution >= 0.6 is 22.7 Å². The zero-order valence-electron chi connectivity index (χ0n) is 9.49. The van der Waals surface area contributed by atoms with Crippen LogP contribution in [0.5, 0.6) is 0 Å². The smallest absolute Gasteiger partial charge is 0.359 e. The molecule has 1 unspecified atom stereocenters. The van der Waals surface area contributed by atoms with Crippen molar-refractivity contribution in [2.75, 3.05) is 5.32 Å². The fraction of sp³-hybridized carbons (Fsp3) is 0.364. The molecule has 0 spiro atoms. The first kappa shape index (κ1) is 13.4. The van der Waals surface area contributed by atoms with Crippen molar-refractivity contribution < 1.29 is 13.2 Å². The molecule has 1 N–H and O–H groups in total. The summed E-state index contributed by atoms with van der Waals surface area (Å²) in [6.45, 7) is 1.92. The highest BCUT2D eigenvalue weighted by atomic mass is 32.1. The van der Waals surface area contributed by atoms with Gasteiger partial charge >= 0.3 is 6.18 Å². The van der Waals surface area contributed by atoms with Gasteiger partial charge in [0.05, 0.1) is 6.20 Å². The summed E-state index contributed by atoms with van der Waals surface area (Å²) in [5, 5.41) is 5.28. The van der Waals surface area contributed by atoms with Crippen molar-refractivity contribution in [3.05, 3.63) is 33.5 Å². The molecular weight excluding hydrogens is 281 g/mol. The molecule has 2 nitrogen and oxygen atoms in total. The van der Waals surface area contributed by atoms with E-state index in [1.165, 1.54) is 4.88 Å². The lowest BCUT2D eigenvalue weighted by atomic mass is 10.2. The third-order valence-corrected chi connectivity index (χ3v) is 4.11. The maximum Gasteiger partial charge on any atom is 0.427 e. The second-order valence-corrected chi connectivity index (χ2v) is 5.92. The fourth-order valence-electron chi connectivity index (χ4n) is 1.46. The van der Waals surface area contributed by atoms with E-state index in [2.05, 4.69) is 10.3 Å². The largest absolute Gasteiger partial charge is 0.427 e. The third-order valence-electron chi connectivity index (χ3n) is 2.24. The van der Waals surface area contributed by atoms with Crippen molar-refractivity contribution in [3.8, 4) is 0 Å². The summed E-state index contributed by atoms with van der Waals surface area (Å²) in [4.78, 5) is 4.27. The van der Waals surface area contributed by atoms with Gasteiger partial charge in [-0.1, -0.05) is 17.4 Å². The quantitative estimate of drug-likeness (QED) is 0.910. The number of anilines is 1. The number of alkyl halides is 3. The van der Waals surface area contributed by atoms with Crippen LogP contribution in [-0.2, 0) is 12.6 Å². The van der Waals surface area contributed by atoms with Crippen LogP contribution in [0, 0.1) is 0 Å². The summed E-state index contributed by atoms with van der Waals surface area (Å²) in [5.41, 5.74) is 0. The zero-order valence-corrected chi connectivity index (χ0v) is 11.1. The SMILES string of the molecule is CC(Cc1cccs1)Nc1ncc(C(F)(F)F)s1. The van der Waals surface area contributed by atoms with Crippen molar-refractivity contribution >= 4 is 27.8 Å². The molecule has 1 atom stereocenters. The molecule has 2 aromatic heterocycles. The molecule has 2 heterocycles. The fourth-order valence-corrected chi connectivity index (χ4v) is 3.09. The molecule has 18 heavy (non-hydrogen) atoms. The number of hydrogen-bond donors (Lipinski definition) is 1. The first-order valence-corrected chi connectivity index (χ1v) is 6.96. The number of thiazole rings is 1. The molecule has 98 valence electrons. The number of thiophene rings is 1. The average molecular weight is 292 g/mol. The monoisotopic (exact) mass is 292 g/mol. The highest BCUT2D eigenvalue weighted by Gasteiger charge is 2.33. The van der Waals surface area contributed by atoms with E-state index < -0.39 is 11.1 Å². The van der Waals surface area contributed by atoms with Crippen molar-refractivity contribution in [2.45, 2.75) is 25.6 Å². The Morgan fingerprint density at radius 3 is 2.78 bits per heavy atom. The molecule has 2 aromatic rings. The van der Waals surface area contributed by atoms with E-state index in [0.29, 0.717) is 16.5 Å². The molecule has 2 rings (SSSR count). The van der Waals surface area contributed by atoms with Crippen LogP contribution in [0.1, 0.15) is 16.7 Å². The molecule has 0 aliphatic rings. The maximum absolute atomic E-state index is 12.4. The Morgan fingerprint density at radius 2 is 2.22 bits per heavy atom. The van der Waals surface area contributed by atoms with Crippen molar-refractivity contribution in [2.24, 2.45) is 0 Å². The number of halogens is 3. The van der Waals surface area contributed by atoms with Crippen LogP contribution in [0.25, 0.3) is 0 Å². The van der Waals surface area contributed by atoms with Gasteiger partial charge in [0.15, 0.2) is 5.13 Å². The van der Waals surface area contributed by atoms with Crippen molar-refractivity contribution in [3.63, 3.8) is 0 Å². The van der Waals surface area contributed by atoms with Crippen LogP contribution < -0.4 is 5.32 Å². The zero-order chi connectivity index (χ0) is 13.2. The van der Waals surface area contributed by atoms with Gasteiger partial charge in [-0.15, -0.1) is 11.3 Å². The van der Waals surface area contributed by atoms with Gasteiger partial charge < -0.3 is 5.32 Å². The van der Waals surface area contributed by atoms with Gasteiger partial charge in [0.25, 0.3) is 0 Å². The lowest BCUT2D eigenvalue weighted by molar-refractivity contribution is -0.134. The predicted molar refractivity (Wildman–Crippen MR) is 68.2 cm³/mol. The molecule has 0 fully saturated rings. The van der Waals surface area contributed by atoms with Crippen LogP contribution in [0.2, 0.25) is 0 Å². The topological polar surface area (TPSA) is 24.9 Å². The summed E-state index contributed by atoms with van der Waals surface area (Å²) in [5.74, 6) is 0. The molecule has 0 aromatic carbocycles. The van der Waals surface area contributed by atoms with Crippen LogP contribution in [-0.4, -0.2) is 11.0 Å². The summed E-state index contributed by atoms with van der Waals surface area (Å²) in [6, 6.07) is 4.01. The minimum absolute atomic E-state index is 0.0517. The second-order valence-electron chi connectivity index (χ2n) is 3.86. The highest BCUT2D eigenvalue weighted by molar-refractivity contribution is 7.15. The number of rotatable bonds is 4. The van der Waals surface area contributed by atoms with Crippen LogP contribution in [0.15, 0.2) is 23.7 Å². The first-order valence-electron chi connectivity index (χ1n) is 5.27. The molecule has 0 saturated heterocycles. The maximum atomic E-state index is 12.4. The molecule has 0 aliphatic heterocycles. The standard InChI is InChI=1S/C11H11F3N2S2/c1-7(5-8-3-2-4-17-8)16-10-15-6-9(18-10)11(12,13)14/h2-4,6-7H,5H2,1H3,(H,15,16). The van der Waals surface area contributed by atoms with E-state index in [9.17, 15) is 13.2 Å². The molecule has 0 bridgehead atoms. The third kappa shape index (κ3) is 3.46. The van der Waals surface area contributed by atoms with Gasteiger partial charge in [-0.3, -0.25) is 0 Å². The van der Waals surface area contributed by atoms with Crippen LogP contribution in [0.3, 0.4) is 0 Å². The van der Waals surface area contributed by atoms with E-state index >= 15 is 0 Å². The predicted octanol–water partition coefficient (Wildman–Crippen LogP) is 4.27. The molecule has 0 radical (unpaired) electrons. The summed E-state index contributed by atoms with van der Waals surface area (Å²) >= 11 is 2.27. The van der Waals surface area contributed by atoms with Crippen molar-refractivity contribution in [1.82, 2.24) is 4.98 Å². The minimum Gasteiger partial charge on any atom is -0.359 e. The Balaban J connectivity index is 1.95. The van der Waals surface area contributed by atoms with E-state index in [1.807, 2.05) is 24.4 Å². The Labute approximate surface area is 110 Å². The van der Waals surface area contributed by atoms with Crippen molar-refractivity contribution in [1.29, 1.82) is 0 Å². The Kier molecular flexibility index (Phi) is 3.91. The second kappa shape index (κ2) is 5.27.